The first-order valence-electron chi connectivity index (χ1n) is 6.51. The number of hydrogen-bond acceptors (Lipinski definition) is 3. The van der Waals surface area contributed by atoms with Gasteiger partial charge in [-0.15, -0.1) is 0 Å². The second-order valence-corrected chi connectivity index (χ2v) is 6.31. The molecule has 102 valence electrons. The minimum absolute atomic E-state index is 0.105. The van der Waals surface area contributed by atoms with E-state index in [1.54, 1.807) is 7.11 Å². The molecule has 0 heterocycles. The van der Waals surface area contributed by atoms with Crippen molar-refractivity contribution in [3.63, 3.8) is 0 Å². The van der Waals surface area contributed by atoms with E-state index in [1.807, 2.05) is 11.8 Å². The summed E-state index contributed by atoms with van der Waals surface area (Å²) in [5.41, 5.74) is 9.91. The topological polar surface area (TPSA) is 35.2 Å². The van der Waals surface area contributed by atoms with E-state index in [1.165, 1.54) is 17.5 Å². The van der Waals surface area contributed by atoms with Crippen LogP contribution in [0.15, 0.2) is 12.1 Å². The molecule has 0 radical (unpaired) electrons. The normalized spacial score (nSPS) is 14.3. The van der Waals surface area contributed by atoms with Crippen LogP contribution in [0, 0.1) is 13.8 Å². The number of aryl methyl sites for hydroxylation is 2. The number of nitrogens with two attached hydrogens (primary N) is 1. The highest BCUT2D eigenvalue weighted by Crippen LogP contribution is 2.28. The van der Waals surface area contributed by atoms with Crippen LogP contribution in [-0.2, 0) is 0 Å². The number of ether oxygens (including phenoxy) is 1. The molecule has 0 fully saturated rings. The van der Waals surface area contributed by atoms with Crippen LogP contribution < -0.4 is 10.5 Å². The van der Waals surface area contributed by atoms with Crippen molar-refractivity contribution in [3.05, 3.63) is 28.8 Å². The predicted molar refractivity (Wildman–Crippen MR) is 81.6 cm³/mol. The molecule has 0 amide bonds. The molecule has 18 heavy (non-hydrogen) atoms. The molecule has 0 aliphatic carbocycles. The van der Waals surface area contributed by atoms with Crippen molar-refractivity contribution >= 4 is 11.8 Å². The molecule has 0 aliphatic heterocycles. The van der Waals surface area contributed by atoms with E-state index in [9.17, 15) is 0 Å². The molecule has 0 aliphatic rings. The van der Waals surface area contributed by atoms with Gasteiger partial charge in [-0.1, -0.05) is 19.9 Å². The fourth-order valence-electron chi connectivity index (χ4n) is 1.91. The number of hydrogen-bond donors (Lipinski definition) is 1. The van der Waals surface area contributed by atoms with Gasteiger partial charge < -0.3 is 10.5 Å². The van der Waals surface area contributed by atoms with E-state index >= 15 is 0 Å². The second kappa shape index (κ2) is 7.05. The lowest BCUT2D eigenvalue weighted by Gasteiger charge is -2.18. The van der Waals surface area contributed by atoms with E-state index in [4.69, 9.17) is 10.5 Å². The summed E-state index contributed by atoms with van der Waals surface area (Å²) in [5, 5.41) is 0.677. The maximum absolute atomic E-state index is 6.30. The average Bonchev–Trinajstić information content (AvgIpc) is 2.37. The van der Waals surface area contributed by atoms with Gasteiger partial charge >= 0.3 is 0 Å². The maximum atomic E-state index is 6.30. The molecule has 1 rings (SSSR count). The zero-order chi connectivity index (χ0) is 13.7. The Balaban J connectivity index is 2.79. The van der Waals surface area contributed by atoms with E-state index in [0.29, 0.717) is 5.25 Å². The summed E-state index contributed by atoms with van der Waals surface area (Å²) in [5.74, 6) is 1.92. The van der Waals surface area contributed by atoms with E-state index in [2.05, 4.69) is 39.8 Å². The summed E-state index contributed by atoms with van der Waals surface area (Å²) >= 11 is 1.95. The van der Waals surface area contributed by atoms with Gasteiger partial charge in [0.05, 0.1) is 7.11 Å². The summed E-state index contributed by atoms with van der Waals surface area (Å²) in [6, 6.07) is 4.35. The third kappa shape index (κ3) is 3.92. The van der Waals surface area contributed by atoms with E-state index in [-0.39, 0.29) is 6.04 Å². The number of benzene rings is 1. The van der Waals surface area contributed by atoms with Crippen molar-refractivity contribution in [1.29, 1.82) is 0 Å². The van der Waals surface area contributed by atoms with Gasteiger partial charge in [-0.05, 0) is 43.0 Å². The highest BCUT2D eigenvalue weighted by molar-refractivity contribution is 7.99. The van der Waals surface area contributed by atoms with Crippen LogP contribution in [0.4, 0.5) is 0 Å². The molecule has 2 atom stereocenters. The quantitative estimate of drug-likeness (QED) is 0.850. The minimum atomic E-state index is 0.105. The van der Waals surface area contributed by atoms with Crippen molar-refractivity contribution in [2.45, 2.75) is 45.4 Å². The Morgan fingerprint density at radius 3 is 2.50 bits per heavy atom. The first-order chi connectivity index (χ1) is 8.49. The van der Waals surface area contributed by atoms with Crippen molar-refractivity contribution in [2.75, 3.05) is 12.9 Å². The summed E-state index contributed by atoms with van der Waals surface area (Å²) in [7, 11) is 1.71. The summed E-state index contributed by atoms with van der Waals surface area (Å²) in [6.07, 6.45) is 1.19. The van der Waals surface area contributed by atoms with Gasteiger partial charge in [-0.2, -0.15) is 11.8 Å². The number of thioether (sulfide) groups is 1. The van der Waals surface area contributed by atoms with Gasteiger partial charge in [-0.3, -0.25) is 0 Å². The van der Waals surface area contributed by atoms with Crippen LogP contribution in [0.3, 0.4) is 0 Å². The molecular weight excluding hydrogens is 242 g/mol. The Morgan fingerprint density at radius 1 is 1.28 bits per heavy atom. The standard InChI is InChI=1S/C15H25NOS/c1-6-12(4)18-9-14(16)13-7-11(3)15(17-5)8-10(13)2/h7-8,12,14H,6,9,16H2,1-5H3. The maximum Gasteiger partial charge on any atom is 0.122 e. The van der Waals surface area contributed by atoms with Crippen LogP contribution in [0.5, 0.6) is 5.75 Å². The van der Waals surface area contributed by atoms with Gasteiger partial charge in [0, 0.05) is 17.0 Å². The van der Waals surface area contributed by atoms with Gasteiger partial charge in [0.1, 0.15) is 5.75 Å². The Bertz CT molecular complexity index is 392. The van der Waals surface area contributed by atoms with Gasteiger partial charge in [-0.25, -0.2) is 0 Å². The molecule has 1 aromatic rings. The van der Waals surface area contributed by atoms with Crippen molar-refractivity contribution < 1.29 is 4.74 Å². The lowest BCUT2D eigenvalue weighted by molar-refractivity contribution is 0.411. The van der Waals surface area contributed by atoms with Gasteiger partial charge in [0.25, 0.3) is 0 Å². The predicted octanol–water partition coefficient (Wildman–Crippen LogP) is 3.84. The summed E-state index contributed by atoms with van der Waals surface area (Å²) < 4.78 is 5.33. The summed E-state index contributed by atoms with van der Waals surface area (Å²) in [4.78, 5) is 0. The van der Waals surface area contributed by atoms with E-state index in [0.717, 1.165) is 17.1 Å². The summed E-state index contributed by atoms with van der Waals surface area (Å²) in [6.45, 7) is 8.64. The molecule has 2 unspecified atom stereocenters. The molecule has 0 saturated carbocycles. The second-order valence-electron chi connectivity index (χ2n) is 4.84. The Morgan fingerprint density at radius 2 is 1.94 bits per heavy atom. The van der Waals surface area contributed by atoms with Crippen LogP contribution in [-0.4, -0.2) is 18.1 Å². The number of methoxy groups -OCH3 is 1. The van der Waals surface area contributed by atoms with Gasteiger partial charge in [0.15, 0.2) is 0 Å². The zero-order valence-corrected chi connectivity index (χ0v) is 12.9. The fourth-order valence-corrected chi connectivity index (χ4v) is 2.86. The highest BCUT2D eigenvalue weighted by atomic mass is 32.2. The molecule has 0 bridgehead atoms. The molecule has 0 aromatic heterocycles. The van der Waals surface area contributed by atoms with Crippen LogP contribution in [0.2, 0.25) is 0 Å². The van der Waals surface area contributed by atoms with Crippen LogP contribution >= 0.6 is 11.8 Å². The fraction of sp³-hybridized carbons (Fsp3) is 0.600. The molecule has 1 aromatic carbocycles. The lowest BCUT2D eigenvalue weighted by atomic mass is 10.00. The Hall–Kier alpha value is -0.670. The van der Waals surface area contributed by atoms with Crippen molar-refractivity contribution in [1.82, 2.24) is 0 Å². The third-order valence-corrected chi connectivity index (χ3v) is 4.77. The monoisotopic (exact) mass is 267 g/mol. The van der Waals surface area contributed by atoms with Gasteiger partial charge in [0.2, 0.25) is 0 Å². The highest BCUT2D eigenvalue weighted by Gasteiger charge is 2.13. The zero-order valence-electron chi connectivity index (χ0n) is 12.1. The third-order valence-electron chi connectivity index (χ3n) is 3.32. The van der Waals surface area contributed by atoms with Crippen molar-refractivity contribution in [3.8, 4) is 5.75 Å². The smallest absolute Gasteiger partial charge is 0.122 e. The number of rotatable bonds is 6. The van der Waals surface area contributed by atoms with E-state index < -0.39 is 0 Å². The molecule has 2 nitrogen and oxygen atoms in total. The van der Waals surface area contributed by atoms with Crippen LogP contribution in [0.1, 0.15) is 43.0 Å². The molecule has 0 spiro atoms. The molecule has 3 heteroatoms. The first kappa shape index (κ1) is 15.4. The molecule has 2 N–H and O–H groups in total. The average molecular weight is 267 g/mol. The molecular formula is C15H25NOS. The molecule has 0 saturated heterocycles. The van der Waals surface area contributed by atoms with Crippen LogP contribution in [0.25, 0.3) is 0 Å². The minimum Gasteiger partial charge on any atom is -0.496 e. The SMILES string of the molecule is CCC(C)SCC(N)c1cc(C)c(OC)cc1C. The largest absolute Gasteiger partial charge is 0.496 e. The Kier molecular flexibility index (Phi) is 6.03. The van der Waals surface area contributed by atoms with Crippen molar-refractivity contribution in [2.24, 2.45) is 5.73 Å². The lowest BCUT2D eigenvalue weighted by Crippen LogP contribution is -2.16. The Labute approximate surface area is 115 Å². The first-order valence-corrected chi connectivity index (χ1v) is 7.56.